The summed E-state index contributed by atoms with van der Waals surface area (Å²) < 4.78 is 27.4. The van der Waals surface area contributed by atoms with Gasteiger partial charge in [-0.15, -0.1) is 0 Å². The Bertz CT molecular complexity index is 1240. The van der Waals surface area contributed by atoms with Crippen molar-refractivity contribution in [3.05, 3.63) is 77.4 Å². The van der Waals surface area contributed by atoms with Crippen LogP contribution in [-0.4, -0.2) is 33.6 Å². The van der Waals surface area contributed by atoms with Crippen molar-refractivity contribution >= 4 is 18.0 Å². The van der Waals surface area contributed by atoms with Crippen LogP contribution in [0, 0.1) is 5.82 Å². The van der Waals surface area contributed by atoms with E-state index in [1.807, 2.05) is 19.1 Å². The molecular formula is C27H30FN3O4. The summed E-state index contributed by atoms with van der Waals surface area (Å²) in [6, 6.07) is 11.9. The summed E-state index contributed by atoms with van der Waals surface area (Å²) in [7, 11) is 0. The minimum absolute atomic E-state index is 0.119. The van der Waals surface area contributed by atoms with Crippen LogP contribution in [0.1, 0.15) is 66.2 Å². The first kappa shape index (κ1) is 25.7. The van der Waals surface area contributed by atoms with Crippen molar-refractivity contribution in [3.8, 4) is 17.1 Å². The summed E-state index contributed by atoms with van der Waals surface area (Å²) in [5, 5.41) is 0. The van der Waals surface area contributed by atoms with Crippen LogP contribution in [0.2, 0.25) is 0 Å². The smallest absolute Gasteiger partial charge is 0.342 e. The first-order chi connectivity index (χ1) is 16.6. The molecule has 7 nitrogen and oxygen atoms in total. The van der Waals surface area contributed by atoms with Gasteiger partial charge in [0.2, 0.25) is 0 Å². The molecule has 2 aromatic carbocycles. The Morgan fingerprint density at radius 2 is 1.86 bits per heavy atom. The quantitative estimate of drug-likeness (QED) is 0.424. The van der Waals surface area contributed by atoms with E-state index >= 15 is 0 Å². The highest BCUT2D eigenvalue weighted by Crippen LogP contribution is 2.29. The molecule has 0 radical (unpaired) electrons. The maximum atomic E-state index is 14.7. The number of rotatable bonds is 9. The largest absolute Gasteiger partial charge is 0.465 e. The summed E-state index contributed by atoms with van der Waals surface area (Å²) in [6.07, 6.45) is 2.23. The third-order valence-corrected chi connectivity index (χ3v) is 5.04. The van der Waals surface area contributed by atoms with Crippen molar-refractivity contribution < 1.29 is 23.5 Å². The van der Waals surface area contributed by atoms with E-state index < -0.39 is 23.3 Å². The lowest BCUT2D eigenvalue weighted by atomic mass is 9.98. The number of halogens is 1. The maximum Gasteiger partial charge on any atom is 0.342 e. The monoisotopic (exact) mass is 479 g/mol. The molecule has 1 heterocycles. The van der Waals surface area contributed by atoms with Gasteiger partial charge in [-0.2, -0.15) is 4.98 Å². The molecule has 0 atom stereocenters. The SMILES string of the molecule is C=Cc1nc(OCCC)n(Cc2ccc(-c3cccc(F)c3C(=O)OC(C)(C)C)cc2)c1C(N)=O. The molecule has 0 spiro atoms. The second kappa shape index (κ2) is 10.5. The van der Waals surface area contributed by atoms with Crippen LogP contribution < -0.4 is 10.5 Å². The van der Waals surface area contributed by atoms with Crippen molar-refractivity contribution in [3.63, 3.8) is 0 Å². The minimum Gasteiger partial charge on any atom is -0.465 e. The van der Waals surface area contributed by atoms with Crippen LogP contribution in [0.15, 0.2) is 49.0 Å². The predicted octanol–water partition coefficient (Wildman–Crippen LogP) is 5.22. The van der Waals surface area contributed by atoms with Crippen LogP contribution in [0.25, 0.3) is 17.2 Å². The van der Waals surface area contributed by atoms with E-state index in [-0.39, 0.29) is 23.8 Å². The number of esters is 1. The minimum atomic E-state index is -0.759. The average Bonchev–Trinajstić information content (AvgIpc) is 3.14. The van der Waals surface area contributed by atoms with Crippen molar-refractivity contribution in [2.24, 2.45) is 5.73 Å². The van der Waals surface area contributed by atoms with E-state index in [2.05, 4.69) is 11.6 Å². The Balaban J connectivity index is 1.97. The molecule has 8 heteroatoms. The Hall–Kier alpha value is -3.94. The molecule has 0 aliphatic heterocycles. The molecule has 184 valence electrons. The van der Waals surface area contributed by atoms with Gasteiger partial charge in [0, 0.05) is 0 Å². The number of primary amides is 1. The fraction of sp³-hybridized carbons (Fsp3) is 0.296. The van der Waals surface area contributed by atoms with E-state index in [1.54, 1.807) is 49.6 Å². The molecule has 0 saturated carbocycles. The van der Waals surface area contributed by atoms with Gasteiger partial charge in [0.1, 0.15) is 22.7 Å². The van der Waals surface area contributed by atoms with Gasteiger partial charge in [-0.05, 0) is 56.0 Å². The molecular weight excluding hydrogens is 449 g/mol. The van der Waals surface area contributed by atoms with E-state index in [1.165, 1.54) is 12.1 Å². The van der Waals surface area contributed by atoms with Gasteiger partial charge in [0.25, 0.3) is 11.9 Å². The lowest BCUT2D eigenvalue weighted by Gasteiger charge is -2.21. The summed E-state index contributed by atoms with van der Waals surface area (Å²) in [4.78, 5) is 29.2. The topological polar surface area (TPSA) is 96.4 Å². The summed E-state index contributed by atoms with van der Waals surface area (Å²) >= 11 is 0. The first-order valence-corrected chi connectivity index (χ1v) is 11.3. The lowest BCUT2D eigenvalue weighted by Crippen LogP contribution is -2.25. The number of nitrogens with two attached hydrogens (primary N) is 1. The Morgan fingerprint density at radius 1 is 1.17 bits per heavy atom. The van der Waals surface area contributed by atoms with Gasteiger partial charge >= 0.3 is 5.97 Å². The number of carbonyl (C=O) groups excluding carboxylic acids is 2. The van der Waals surface area contributed by atoms with Crippen molar-refractivity contribution in [2.75, 3.05) is 6.61 Å². The summed E-state index contributed by atoms with van der Waals surface area (Å²) in [5.74, 6) is -2.02. The number of hydrogen-bond acceptors (Lipinski definition) is 5. The highest BCUT2D eigenvalue weighted by atomic mass is 19.1. The summed E-state index contributed by atoms with van der Waals surface area (Å²) in [6.45, 7) is 11.6. The fourth-order valence-corrected chi connectivity index (χ4v) is 3.58. The van der Waals surface area contributed by atoms with Gasteiger partial charge < -0.3 is 15.2 Å². The van der Waals surface area contributed by atoms with Crippen molar-refractivity contribution in [2.45, 2.75) is 46.3 Å². The van der Waals surface area contributed by atoms with Crippen LogP contribution in [0.4, 0.5) is 4.39 Å². The van der Waals surface area contributed by atoms with E-state index in [4.69, 9.17) is 15.2 Å². The molecule has 0 aliphatic rings. The normalized spacial score (nSPS) is 11.2. The Labute approximate surface area is 204 Å². The highest BCUT2D eigenvalue weighted by Gasteiger charge is 2.25. The fourth-order valence-electron chi connectivity index (χ4n) is 3.58. The summed E-state index contributed by atoms with van der Waals surface area (Å²) in [5.41, 5.74) is 7.17. The zero-order valence-corrected chi connectivity index (χ0v) is 20.4. The van der Waals surface area contributed by atoms with Gasteiger partial charge in [-0.25, -0.2) is 9.18 Å². The number of imidazole rings is 1. The molecule has 0 bridgehead atoms. The molecule has 2 N–H and O–H groups in total. The number of aromatic nitrogens is 2. The molecule has 1 aromatic heterocycles. The van der Waals surface area contributed by atoms with Crippen molar-refractivity contribution in [1.82, 2.24) is 9.55 Å². The van der Waals surface area contributed by atoms with Crippen LogP contribution >= 0.6 is 0 Å². The number of amides is 1. The van der Waals surface area contributed by atoms with Gasteiger partial charge in [0.05, 0.1) is 18.8 Å². The third-order valence-electron chi connectivity index (χ3n) is 5.04. The third kappa shape index (κ3) is 5.95. The number of ether oxygens (including phenoxy) is 2. The molecule has 0 saturated heterocycles. The Morgan fingerprint density at radius 3 is 2.43 bits per heavy atom. The number of nitrogens with zero attached hydrogens (tertiary/aromatic N) is 2. The van der Waals surface area contributed by atoms with E-state index in [0.29, 0.717) is 23.4 Å². The zero-order valence-electron chi connectivity index (χ0n) is 20.4. The molecule has 0 unspecified atom stereocenters. The van der Waals surface area contributed by atoms with Crippen LogP contribution in [0.3, 0.4) is 0 Å². The second-order valence-corrected chi connectivity index (χ2v) is 8.99. The molecule has 1 amide bonds. The molecule has 35 heavy (non-hydrogen) atoms. The highest BCUT2D eigenvalue weighted by molar-refractivity contribution is 5.98. The number of carbonyl (C=O) groups is 2. The molecule has 3 rings (SSSR count). The van der Waals surface area contributed by atoms with Gasteiger partial charge in [-0.1, -0.05) is 49.9 Å². The maximum absolute atomic E-state index is 14.7. The Kier molecular flexibility index (Phi) is 7.74. The lowest BCUT2D eigenvalue weighted by molar-refractivity contribution is 0.00656. The van der Waals surface area contributed by atoms with Gasteiger partial charge in [-0.3, -0.25) is 9.36 Å². The number of hydrogen-bond donors (Lipinski definition) is 1. The van der Waals surface area contributed by atoms with Crippen molar-refractivity contribution in [1.29, 1.82) is 0 Å². The van der Waals surface area contributed by atoms with Crippen LogP contribution in [-0.2, 0) is 11.3 Å². The zero-order chi connectivity index (χ0) is 25.8. The second-order valence-electron chi connectivity index (χ2n) is 8.99. The predicted molar refractivity (Wildman–Crippen MR) is 133 cm³/mol. The number of benzene rings is 2. The molecule has 0 fully saturated rings. The molecule has 3 aromatic rings. The first-order valence-electron chi connectivity index (χ1n) is 11.3. The average molecular weight is 480 g/mol. The van der Waals surface area contributed by atoms with Gasteiger partial charge in [0.15, 0.2) is 0 Å². The molecule has 0 aliphatic carbocycles. The van der Waals surface area contributed by atoms with E-state index in [0.717, 1.165) is 12.0 Å². The van der Waals surface area contributed by atoms with Crippen LogP contribution in [0.5, 0.6) is 6.01 Å². The van der Waals surface area contributed by atoms with E-state index in [9.17, 15) is 14.0 Å². The standard InChI is InChI=1S/C27H30FN3O4/c1-6-15-34-26-30-21(7-2)23(24(29)32)31(26)16-17-11-13-18(14-12-17)19-9-8-10-20(28)22(19)25(33)35-27(3,4)5/h7-14H,2,6,15-16H2,1,3-5H3,(H2,29,32).